The lowest BCUT2D eigenvalue weighted by Crippen LogP contribution is -2.04. The number of hydrogen-bond donors (Lipinski definition) is 0. The Hall–Kier alpha value is -1.72. The number of hydrogen-bond acceptors (Lipinski definition) is 5. The van der Waals surface area contributed by atoms with Crippen molar-refractivity contribution in [1.82, 2.24) is 15.0 Å². The number of carbonyl (C=O) groups is 2. The normalized spacial score (nSPS) is 10.3. The first-order valence-electron chi connectivity index (χ1n) is 6.20. The standard InChI is InChI=1S/C12H19N3O3/c1-3-18-12(17)7-5-4-6-8-15-9-11(10(2)16)13-14-15/h9H,3-8H2,1-2H3. The van der Waals surface area contributed by atoms with E-state index in [0.717, 1.165) is 19.3 Å². The fraction of sp³-hybridized carbons (Fsp3) is 0.667. The Bertz CT molecular complexity index is 401. The molecular weight excluding hydrogens is 234 g/mol. The van der Waals surface area contributed by atoms with E-state index in [9.17, 15) is 9.59 Å². The van der Waals surface area contributed by atoms with Crippen molar-refractivity contribution in [3.05, 3.63) is 11.9 Å². The summed E-state index contributed by atoms with van der Waals surface area (Å²) in [4.78, 5) is 22.1. The van der Waals surface area contributed by atoms with E-state index in [2.05, 4.69) is 10.3 Å². The topological polar surface area (TPSA) is 74.1 Å². The molecule has 0 saturated heterocycles. The third kappa shape index (κ3) is 5.07. The van der Waals surface area contributed by atoms with E-state index in [1.807, 2.05) is 0 Å². The lowest BCUT2D eigenvalue weighted by Gasteiger charge is -2.02. The summed E-state index contributed by atoms with van der Waals surface area (Å²) in [6, 6.07) is 0. The molecule has 0 radical (unpaired) electrons. The molecular formula is C12H19N3O3. The molecule has 0 aliphatic rings. The van der Waals surface area contributed by atoms with E-state index in [-0.39, 0.29) is 11.8 Å². The number of carbonyl (C=O) groups excluding carboxylic acids is 2. The van der Waals surface area contributed by atoms with Gasteiger partial charge in [0, 0.05) is 19.9 Å². The molecule has 1 aromatic heterocycles. The maximum atomic E-state index is 11.1. The van der Waals surface area contributed by atoms with Crippen LogP contribution in [-0.4, -0.2) is 33.4 Å². The molecule has 0 saturated carbocycles. The highest BCUT2D eigenvalue weighted by atomic mass is 16.5. The number of esters is 1. The van der Waals surface area contributed by atoms with Crippen LogP contribution < -0.4 is 0 Å². The van der Waals surface area contributed by atoms with Gasteiger partial charge in [-0.2, -0.15) is 0 Å². The first kappa shape index (κ1) is 14.3. The second kappa shape index (κ2) is 7.58. The van der Waals surface area contributed by atoms with Crippen LogP contribution in [0.1, 0.15) is 50.0 Å². The number of ether oxygens (including phenoxy) is 1. The van der Waals surface area contributed by atoms with E-state index >= 15 is 0 Å². The Kier molecular flexibility index (Phi) is 6.04. The molecule has 6 heteroatoms. The van der Waals surface area contributed by atoms with Crippen LogP contribution in [0.5, 0.6) is 0 Å². The smallest absolute Gasteiger partial charge is 0.305 e. The Morgan fingerprint density at radius 3 is 2.72 bits per heavy atom. The minimum Gasteiger partial charge on any atom is -0.466 e. The van der Waals surface area contributed by atoms with Crippen LogP contribution >= 0.6 is 0 Å². The Balaban J connectivity index is 2.14. The van der Waals surface area contributed by atoms with Crippen molar-refractivity contribution in [2.24, 2.45) is 0 Å². The summed E-state index contributed by atoms with van der Waals surface area (Å²) < 4.78 is 6.49. The molecule has 0 amide bonds. The highest BCUT2D eigenvalue weighted by Crippen LogP contribution is 2.04. The van der Waals surface area contributed by atoms with Gasteiger partial charge in [0.1, 0.15) is 5.69 Å². The zero-order valence-corrected chi connectivity index (χ0v) is 10.9. The molecule has 18 heavy (non-hydrogen) atoms. The van der Waals surface area contributed by atoms with Crippen molar-refractivity contribution in [2.45, 2.75) is 46.1 Å². The van der Waals surface area contributed by atoms with Crippen LogP contribution in [0.25, 0.3) is 0 Å². The van der Waals surface area contributed by atoms with E-state index in [4.69, 9.17) is 4.74 Å². The van der Waals surface area contributed by atoms with Gasteiger partial charge in [0.05, 0.1) is 12.8 Å². The van der Waals surface area contributed by atoms with Crippen LogP contribution in [0.3, 0.4) is 0 Å². The Labute approximate surface area is 106 Å². The van der Waals surface area contributed by atoms with E-state index in [1.165, 1.54) is 6.92 Å². The van der Waals surface area contributed by atoms with Crippen LogP contribution in [0.4, 0.5) is 0 Å². The summed E-state index contributed by atoms with van der Waals surface area (Å²) in [7, 11) is 0. The van der Waals surface area contributed by atoms with Crippen LogP contribution in [-0.2, 0) is 16.1 Å². The van der Waals surface area contributed by atoms with Crippen LogP contribution in [0.15, 0.2) is 6.20 Å². The van der Waals surface area contributed by atoms with Crippen molar-refractivity contribution < 1.29 is 14.3 Å². The van der Waals surface area contributed by atoms with E-state index in [0.29, 0.717) is 25.3 Å². The number of aromatic nitrogens is 3. The predicted molar refractivity (Wildman–Crippen MR) is 65.1 cm³/mol. The van der Waals surface area contributed by atoms with Gasteiger partial charge in [0.15, 0.2) is 5.78 Å². The average molecular weight is 253 g/mol. The zero-order valence-electron chi connectivity index (χ0n) is 10.9. The maximum Gasteiger partial charge on any atom is 0.305 e. The number of ketones is 1. The first-order chi connectivity index (χ1) is 8.63. The monoisotopic (exact) mass is 253 g/mol. The molecule has 0 aliphatic heterocycles. The van der Waals surface area contributed by atoms with Crippen molar-refractivity contribution in [2.75, 3.05) is 6.61 Å². The van der Waals surface area contributed by atoms with Crippen molar-refractivity contribution >= 4 is 11.8 Å². The molecule has 0 unspecified atom stereocenters. The van der Waals surface area contributed by atoms with Gasteiger partial charge in [0.25, 0.3) is 0 Å². The predicted octanol–water partition coefficient (Wildman–Crippen LogP) is 1.60. The molecule has 6 nitrogen and oxygen atoms in total. The highest BCUT2D eigenvalue weighted by molar-refractivity contribution is 5.91. The third-order valence-corrected chi connectivity index (χ3v) is 2.47. The zero-order chi connectivity index (χ0) is 13.4. The van der Waals surface area contributed by atoms with E-state index in [1.54, 1.807) is 17.8 Å². The summed E-state index contributed by atoms with van der Waals surface area (Å²) in [5, 5.41) is 7.61. The van der Waals surface area contributed by atoms with Gasteiger partial charge in [-0.1, -0.05) is 11.6 Å². The van der Waals surface area contributed by atoms with Crippen molar-refractivity contribution in [1.29, 1.82) is 0 Å². The second-order valence-corrected chi connectivity index (χ2v) is 4.04. The first-order valence-corrected chi connectivity index (χ1v) is 6.20. The summed E-state index contributed by atoms with van der Waals surface area (Å²) >= 11 is 0. The fourth-order valence-corrected chi connectivity index (χ4v) is 1.52. The van der Waals surface area contributed by atoms with Gasteiger partial charge in [-0.3, -0.25) is 14.3 Å². The Morgan fingerprint density at radius 2 is 2.11 bits per heavy atom. The van der Waals surface area contributed by atoms with Gasteiger partial charge < -0.3 is 4.74 Å². The molecule has 0 N–H and O–H groups in total. The Morgan fingerprint density at radius 1 is 1.33 bits per heavy atom. The van der Waals surface area contributed by atoms with Crippen LogP contribution in [0, 0.1) is 0 Å². The quantitative estimate of drug-likeness (QED) is 0.399. The third-order valence-electron chi connectivity index (χ3n) is 2.47. The molecule has 1 heterocycles. The maximum absolute atomic E-state index is 11.1. The van der Waals surface area contributed by atoms with Gasteiger partial charge in [-0.05, 0) is 19.8 Å². The molecule has 0 aliphatic carbocycles. The fourth-order valence-electron chi connectivity index (χ4n) is 1.52. The summed E-state index contributed by atoms with van der Waals surface area (Å²) in [5.74, 6) is -0.222. The molecule has 0 fully saturated rings. The van der Waals surface area contributed by atoms with Crippen molar-refractivity contribution in [3.63, 3.8) is 0 Å². The molecule has 100 valence electrons. The number of rotatable bonds is 8. The molecule has 1 aromatic rings. The summed E-state index contributed by atoms with van der Waals surface area (Å²) in [6.07, 6.45) is 4.75. The van der Waals surface area contributed by atoms with E-state index < -0.39 is 0 Å². The summed E-state index contributed by atoms with van der Waals surface area (Å²) in [5.41, 5.74) is 0.390. The molecule has 0 atom stereocenters. The molecule has 0 bridgehead atoms. The minimum atomic E-state index is -0.142. The van der Waals surface area contributed by atoms with Gasteiger partial charge in [0.2, 0.25) is 0 Å². The number of nitrogens with zero attached hydrogens (tertiary/aromatic N) is 3. The lowest BCUT2D eigenvalue weighted by atomic mass is 10.2. The van der Waals surface area contributed by atoms with Gasteiger partial charge in [-0.25, -0.2) is 0 Å². The minimum absolute atomic E-state index is 0.0800. The largest absolute Gasteiger partial charge is 0.466 e. The molecule has 1 rings (SSSR count). The van der Waals surface area contributed by atoms with Crippen LogP contribution in [0.2, 0.25) is 0 Å². The average Bonchev–Trinajstić information content (AvgIpc) is 2.78. The second-order valence-electron chi connectivity index (χ2n) is 4.04. The molecule has 0 aromatic carbocycles. The van der Waals surface area contributed by atoms with Crippen molar-refractivity contribution in [3.8, 4) is 0 Å². The number of aryl methyl sites for hydroxylation is 1. The molecule has 0 spiro atoms. The number of Topliss-reactive ketones (excluding diaryl/α,β-unsaturated/α-hetero) is 1. The van der Waals surface area contributed by atoms with Gasteiger partial charge in [-0.15, -0.1) is 5.10 Å². The number of unbranched alkanes of at least 4 members (excludes halogenated alkanes) is 2. The lowest BCUT2D eigenvalue weighted by molar-refractivity contribution is -0.143. The SMILES string of the molecule is CCOC(=O)CCCCCn1cc(C(C)=O)nn1. The highest BCUT2D eigenvalue weighted by Gasteiger charge is 2.05. The summed E-state index contributed by atoms with van der Waals surface area (Å²) in [6.45, 7) is 4.41. The van der Waals surface area contributed by atoms with Gasteiger partial charge >= 0.3 is 5.97 Å².